The first-order chi connectivity index (χ1) is 11.1. The Morgan fingerprint density at radius 2 is 1.83 bits per heavy atom. The predicted octanol–water partition coefficient (Wildman–Crippen LogP) is 2.45. The van der Waals surface area contributed by atoms with Gasteiger partial charge in [0.1, 0.15) is 0 Å². The fourth-order valence-electron chi connectivity index (χ4n) is 2.57. The molecule has 0 aliphatic heterocycles. The minimum Gasteiger partial charge on any atom is -0.493 e. The van der Waals surface area contributed by atoms with Gasteiger partial charge in [0.15, 0.2) is 17.5 Å². The van der Waals surface area contributed by atoms with E-state index in [9.17, 15) is 0 Å². The van der Waals surface area contributed by atoms with Crippen molar-refractivity contribution in [1.82, 2.24) is 10.6 Å². The largest absolute Gasteiger partial charge is 0.493 e. The molecule has 0 aromatic heterocycles. The third kappa shape index (κ3) is 5.06. The number of nitrogens with zero attached hydrogens (tertiary/aromatic N) is 1. The van der Waals surface area contributed by atoms with E-state index < -0.39 is 0 Å². The Balaban J connectivity index is 0.00000288. The van der Waals surface area contributed by atoms with Gasteiger partial charge in [-0.2, -0.15) is 0 Å². The molecule has 1 aromatic carbocycles. The molecular formula is C17H28IN3O3. The van der Waals surface area contributed by atoms with E-state index in [-0.39, 0.29) is 24.0 Å². The molecular weight excluding hydrogens is 421 g/mol. The molecule has 6 nitrogen and oxygen atoms in total. The molecule has 2 unspecified atom stereocenters. The van der Waals surface area contributed by atoms with Crippen LogP contribution in [0.3, 0.4) is 0 Å². The molecule has 1 saturated carbocycles. The lowest BCUT2D eigenvalue weighted by Crippen LogP contribution is -2.39. The normalized spacial score (nSPS) is 19.1. The number of rotatable bonds is 7. The second-order valence-corrected chi connectivity index (χ2v) is 5.71. The van der Waals surface area contributed by atoms with Gasteiger partial charge >= 0.3 is 0 Å². The Morgan fingerprint density at radius 3 is 2.33 bits per heavy atom. The van der Waals surface area contributed by atoms with Crippen molar-refractivity contribution in [1.29, 1.82) is 0 Å². The Hall–Kier alpha value is -1.38. The van der Waals surface area contributed by atoms with E-state index in [1.54, 1.807) is 28.4 Å². The molecule has 0 amide bonds. The molecule has 1 aromatic rings. The van der Waals surface area contributed by atoms with Crippen LogP contribution in [-0.2, 0) is 6.42 Å². The maximum Gasteiger partial charge on any atom is 0.203 e. The molecule has 2 atom stereocenters. The summed E-state index contributed by atoms with van der Waals surface area (Å²) in [6.07, 6.45) is 2.01. The van der Waals surface area contributed by atoms with E-state index in [0.29, 0.717) is 23.3 Å². The van der Waals surface area contributed by atoms with E-state index in [4.69, 9.17) is 14.2 Å². The van der Waals surface area contributed by atoms with Crippen LogP contribution in [0.15, 0.2) is 17.1 Å². The van der Waals surface area contributed by atoms with Crippen molar-refractivity contribution in [3.63, 3.8) is 0 Å². The average molecular weight is 449 g/mol. The van der Waals surface area contributed by atoms with Crippen LogP contribution in [0.5, 0.6) is 17.2 Å². The number of benzene rings is 1. The zero-order valence-corrected chi connectivity index (χ0v) is 17.3. The average Bonchev–Trinajstić information content (AvgIpc) is 3.27. The summed E-state index contributed by atoms with van der Waals surface area (Å²) in [5, 5.41) is 6.75. The second-order valence-electron chi connectivity index (χ2n) is 5.71. The minimum atomic E-state index is 0. The molecule has 1 fully saturated rings. The Labute approximate surface area is 161 Å². The van der Waals surface area contributed by atoms with Crippen LogP contribution < -0.4 is 24.8 Å². The third-order valence-electron chi connectivity index (χ3n) is 4.13. The molecule has 0 heterocycles. The number of hydrogen-bond donors (Lipinski definition) is 2. The molecule has 0 saturated heterocycles. The van der Waals surface area contributed by atoms with Gasteiger partial charge in [0.25, 0.3) is 0 Å². The Bertz CT molecular complexity index is 566. The first-order valence-corrected chi connectivity index (χ1v) is 7.89. The number of guanidine groups is 1. The lowest BCUT2D eigenvalue weighted by atomic mass is 10.1. The summed E-state index contributed by atoms with van der Waals surface area (Å²) in [7, 11) is 6.67. The zero-order valence-electron chi connectivity index (χ0n) is 15.0. The number of ether oxygens (including phenoxy) is 3. The first-order valence-electron chi connectivity index (χ1n) is 7.89. The fraction of sp³-hybridized carbons (Fsp3) is 0.588. The predicted molar refractivity (Wildman–Crippen MR) is 107 cm³/mol. The number of aliphatic imine (C=N–C) groups is 1. The van der Waals surface area contributed by atoms with Gasteiger partial charge in [0, 0.05) is 25.2 Å². The SMILES string of the molecule is CN=C(NCCc1ccc(OC)c(OC)c1OC)NC1CC1C.I. The van der Waals surface area contributed by atoms with Crippen molar-refractivity contribution in [2.45, 2.75) is 25.8 Å². The van der Waals surface area contributed by atoms with Gasteiger partial charge in [0.05, 0.1) is 21.3 Å². The van der Waals surface area contributed by atoms with Gasteiger partial charge in [-0.15, -0.1) is 24.0 Å². The molecule has 7 heteroatoms. The van der Waals surface area contributed by atoms with Crippen molar-refractivity contribution in [2.24, 2.45) is 10.9 Å². The first kappa shape index (κ1) is 20.7. The lowest BCUT2D eigenvalue weighted by molar-refractivity contribution is 0.322. The van der Waals surface area contributed by atoms with Gasteiger partial charge in [-0.25, -0.2) is 0 Å². The monoisotopic (exact) mass is 449 g/mol. The molecule has 136 valence electrons. The lowest BCUT2D eigenvalue weighted by Gasteiger charge is -2.16. The number of halogens is 1. The van der Waals surface area contributed by atoms with Crippen molar-refractivity contribution in [3.8, 4) is 17.2 Å². The van der Waals surface area contributed by atoms with E-state index in [2.05, 4.69) is 22.5 Å². The highest BCUT2D eigenvalue weighted by molar-refractivity contribution is 14.0. The van der Waals surface area contributed by atoms with Crippen molar-refractivity contribution < 1.29 is 14.2 Å². The summed E-state index contributed by atoms with van der Waals surface area (Å²) in [6, 6.07) is 4.45. The smallest absolute Gasteiger partial charge is 0.203 e. The quantitative estimate of drug-likeness (QED) is 0.381. The van der Waals surface area contributed by atoms with E-state index in [1.165, 1.54) is 6.42 Å². The van der Waals surface area contributed by atoms with Crippen molar-refractivity contribution >= 4 is 29.9 Å². The van der Waals surface area contributed by atoms with E-state index in [0.717, 1.165) is 30.4 Å². The van der Waals surface area contributed by atoms with Crippen LogP contribution in [0.25, 0.3) is 0 Å². The Kier molecular flexibility index (Phi) is 8.44. The highest BCUT2D eigenvalue weighted by Crippen LogP contribution is 2.39. The minimum absolute atomic E-state index is 0. The van der Waals surface area contributed by atoms with Crippen LogP contribution in [0.1, 0.15) is 18.9 Å². The topological polar surface area (TPSA) is 64.1 Å². The summed E-state index contributed by atoms with van der Waals surface area (Å²) in [6.45, 7) is 2.99. The molecule has 1 aliphatic carbocycles. The molecule has 1 aliphatic rings. The van der Waals surface area contributed by atoms with Crippen LogP contribution >= 0.6 is 24.0 Å². The summed E-state index contributed by atoms with van der Waals surface area (Å²) in [5.74, 6) is 3.59. The van der Waals surface area contributed by atoms with Crippen LogP contribution in [0.4, 0.5) is 0 Å². The van der Waals surface area contributed by atoms with Gasteiger partial charge in [-0.1, -0.05) is 13.0 Å². The molecule has 0 spiro atoms. The maximum atomic E-state index is 5.50. The summed E-state index contributed by atoms with van der Waals surface area (Å²) >= 11 is 0. The van der Waals surface area contributed by atoms with Gasteiger partial charge in [-0.3, -0.25) is 4.99 Å². The molecule has 24 heavy (non-hydrogen) atoms. The summed E-state index contributed by atoms with van der Waals surface area (Å²) < 4.78 is 16.2. The fourth-order valence-corrected chi connectivity index (χ4v) is 2.57. The molecule has 0 bridgehead atoms. The second kappa shape index (κ2) is 9.80. The number of nitrogens with one attached hydrogen (secondary N) is 2. The van der Waals surface area contributed by atoms with Crippen LogP contribution in [-0.4, -0.2) is 46.9 Å². The van der Waals surface area contributed by atoms with Crippen LogP contribution in [0.2, 0.25) is 0 Å². The van der Waals surface area contributed by atoms with E-state index >= 15 is 0 Å². The van der Waals surface area contributed by atoms with Gasteiger partial charge in [-0.05, 0) is 24.8 Å². The van der Waals surface area contributed by atoms with Gasteiger partial charge in [0.2, 0.25) is 5.75 Å². The van der Waals surface area contributed by atoms with Crippen LogP contribution in [0, 0.1) is 5.92 Å². The summed E-state index contributed by atoms with van der Waals surface area (Å²) in [4.78, 5) is 4.26. The third-order valence-corrected chi connectivity index (χ3v) is 4.13. The number of hydrogen-bond acceptors (Lipinski definition) is 4. The zero-order chi connectivity index (χ0) is 16.8. The standard InChI is InChI=1S/C17H27N3O3.HI/c1-11-10-13(11)20-17(18-2)19-9-8-12-6-7-14(21-3)16(23-5)15(12)22-4;/h6-7,11,13H,8-10H2,1-5H3,(H2,18,19,20);1H. The van der Waals surface area contributed by atoms with Gasteiger partial charge < -0.3 is 24.8 Å². The highest BCUT2D eigenvalue weighted by atomic mass is 127. The molecule has 0 radical (unpaired) electrons. The van der Waals surface area contributed by atoms with E-state index in [1.807, 2.05) is 12.1 Å². The summed E-state index contributed by atoms with van der Waals surface area (Å²) in [5.41, 5.74) is 1.06. The molecule has 2 rings (SSSR count). The van der Waals surface area contributed by atoms with Crippen molar-refractivity contribution in [3.05, 3.63) is 17.7 Å². The highest BCUT2D eigenvalue weighted by Gasteiger charge is 2.33. The maximum absolute atomic E-state index is 5.50. The Morgan fingerprint density at radius 1 is 1.17 bits per heavy atom. The van der Waals surface area contributed by atoms with Crippen molar-refractivity contribution in [2.75, 3.05) is 34.9 Å². The number of methoxy groups -OCH3 is 3. The molecule has 2 N–H and O–H groups in total.